The molecule has 0 spiro atoms. The second-order valence-electron chi connectivity index (χ2n) is 10.2. The molecular formula is C37H23N3OSi. The van der Waals surface area contributed by atoms with Crippen LogP contribution in [0.5, 0.6) is 0 Å². The predicted molar refractivity (Wildman–Crippen MR) is 173 cm³/mol. The van der Waals surface area contributed by atoms with Gasteiger partial charge in [-0.2, -0.15) is 0 Å². The van der Waals surface area contributed by atoms with Gasteiger partial charge in [0.05, 0.1) is 13.1 Å². The maximum atomic E-state index is 7.49. The first-order valence-corrected chi connectivity index (χ1v) is 15.6. The molecule has 0 unspecified atom stereocenters. The molecule has 196 valence electrons. The van der Waals surface area contributed by atoms with Crippen LogP contribution in [0.1, 0.15) is 0 Å². The second-order valence-corrected chi connectivity index (χ2v) is 14.0. The molecule has 0 amide bonds. The molecule has 2 aromatic heterocycles. The molecule has 0 aliphatic rings. The Morgan fingerprint density at radius 3 is 1.67 bits per heavy atom. The maximum absolute atomic E-state index is 7.49. The van der Waals surface area contributed by atoms with E-state index >= 15 is 0 Å². The van der Waals surface area contributed by atoms with Crippen molar-refractivity contribution in [1.82, 2.24) is 4.98 Å². The lowest BCUT2D eigenvalue weighted by molar-refractivity contribution is 0.654. The molecule has 0 N–H and O–H groups in total. The molecule has 0 bridgehead atoms. The minimum Gasteiger partial charge on any atom is -0.438 e. The van der Waals surface area contributed by atoms with E-state index in [4.69, 9.17) is 17.6 Å². The first-order chi connectivity index (χ1) is 20.7. The van der Waals surface area contributed by atoms with Crippen molar-refractivity contribution in [3.63, 3.8) is 0 Å². The maximum Gasteiger partial charge on any atom is 0.227 e. The molecule has 42 heavy (non-hydrogen) atoms. The summed E-state index contributed by atoms with van der Waals surface area (Å²) >= 11 is 0. The van der Waals surface area contributed by atoms with E-state index in [1.807, 2.05) is 42.5 Å². The number of hydrogen-bond acceptors (Lipinski definition) is 2. The Balaban J connectivity index is 1.42. The van der Waals surface area contributed by atoms with Crippen LogP contribution in [-0.4, -0.2) is 13.1 Å². The van der Waals surface area contributed by atoms with Crippen LogP contribution in [0.2, 0.25) is 0 Å². The molecule has 7 aromatic rings. The summed E-state index contributed by atoms with van der Waals surface area (Å²) in [7, 11) is -2.79. The van der Waals surface area contributed by atoms with Crippen molar-refractivity contribution < 1.29 is 4.42 Å². The lowest BCUT2D eigenvalue weighted by atomic mass is 10.0. The normalized spacial score (nSPS) is 11.3. The number of hydrogen-bond donors (Lipinski definition) is 0. The summed E-state index contributed by atoms with van der Waals surface area (Å²) in [5.74, 6) is 0. The van der Waals surface area contributed by atoms with Gasteiger partial charge in [-0.15, -0.1) is 0 Å². The molecule has 0 radical (unpaired) electrons. The largest absolute Gasteiger partial charge is 0.438 e. The summed E-state index contributed by atoms with van der Waals surface area (Å²) in [5.41, 5.74) is 4.86. The fourth-order valence-corrected chi connectivity index (χ4v) is 10.7. The Morgan fingerprint density at radius 2 is 1.07 bits per heavy atom. The van der Waals surface area contributed by atoms with E-state index in [0.29, 0.717) is 17.1 Å². The fourth-order valence-electron chi connectivity index (χ4n) is 5.96. The van der Waals surface area contributed by atoms with Gasteiger partial charge in [-0.05, 0) is 56.1 Å². The van der Waals surface area contributed by atoms with E-state index in [2.05, 4.69) is 106 Å². The first kappa shape index (κ1) is 25.2. The standard InChI is InChI=1S/C37H23N3OSi/c1-38-28-13-19-32(20-14-28)42(30-7-4-3-5-8-30,33-21-15-29(39-2)16-22-33)31-17-10-26(11-18-31)27-12-23-34-35-9-6-24-40-37(35)41-36(34)25-27/h3-25H. The van der Waals surface area contributed by atoms with Crippen molar-refractivity contribution in [2.24, 2.45) is 0 Å². The van der Waals surface area contributed by atoms with Crippen molar-refractivity contribution in [3.05, 3.63) is 162 Å². The quantitative estimate of drug-likeness (QED) is 0.129. The number of aromatic nitrogens is 1. The van der Waals surface area contributed by atoms with Crippen LogP contribution >= 0.6 is 0 Å². The highest BCUT2D eigenvalue weighted by Gasteiger charge is 2.41. The Kier molecular flexibility index (Phi) is 6.21. The Hall–Kier alpha value is -5.75. The number of pyridine rings is 1. The molecule has 5 aromatic carbocycles. The Bertz CT molecular complexity index is 2080. The van der Waals surface area contributed by atoms with Gasteiger partial charge in [-0.3, -0.25) is 0 Å². The third kappa shape index (κ3) is 4.09. The average Bonchev–Trinajstić information content (AvgIpc) is 3.44. The summed E-state index contributed by atoms with van der Waals surface area (Å²) in [4.78, 5) is 11.6. The lowest BCUT2D eigenvalue weighted by Crippen LogP contribution is -2.74. The number of benzene rings is 5. The monoisotopic (exact) mass is 553 g/mol. The molecule has 0 fully saturated rings. The lowest BCUT2D eigenvalue weighted by Gasteiger charge is -2.34. The van der Waals surface area contributed by atoms with Gasteiger partial charge in [0.15, 0.2) is 19.4 Å². The summed E-state index contributed by atoms with van der Waals surface area (Å²) in [6.07, 6.45) is 1.75. The molecule has 4 nitrogen and oxygen atoms in total. The van der Waals surface area contributed by atoms with E-state index in [1.165, 1.54) is 20.7 Å². The van der Waals surface area contributed by atoms with Crippen LogP contribution in [0.15, 0.2) is 144 Å². The van der Waals surface area contributed by atoms with Gasteiger partial charge in [-0.25, -0.2) is 14.7 Å². The minimum atomic E-state index is -2.79. The predicted octanol–water partition coefficient (Wildman–Crippen LogP) is 7.13. The molecule has 0 saturated carbocycles. The van der Waals surface area contributed by atoms with Gasteiger partial charge in [0.2, 0.25) is 5.71 Å². The van der Waals surface area contributed by atoms with E-state index in [1.54, 1.807) is 6.20 Å². The highest BCUT2D eigenvalue weighted by atomic mass is 28.3. The van der Waals surface area contributed by atoms with Crippen LogP contribution in [0.25, 0.3) is 42.9 Å². The summed E-state index contributed by atoms with van der Waals surface area (Å²) < 4.78 is 6.06. The number of fused-ring (bicyclic) bond motifs is 3. The van der Waals surface area contributed by atoms with E-state index in [-0.39, 0.29) is 0 Å². The van der Waals surface area contributed by atoms with Crippen LogP contribution in [0.3, 0.4) is 0 Å². The van der Waals surface area contributed by atoms with Gasteiger partial charge < -0.3 is 4.42 Å². The van der Waals surface area contributed by atoms with Crippen molar-refractivity contribution >= 4 is 62.3 Å². The molecule has 2 heterocycles. The molecule has 0 aliphatic carbocycles. The molecular weight excluding hydrogens is 531 g/mol. The number of furan rings is 1. The highest BCUT2D eigenvalue weighted by Crippen LogP contribution is 2.31. The molecule has 0 aliphatic heterocycles. The van der Waals surface area contributed by atoms with Crippen molar-refractivity contribution in [1.29, 1.82) is 0 Å². The zero-order chi connectivity index (χ0) is 28.5. The average molecular weight is 554 g/mol. The van der Waals surface area contributed by atoms with E-state index in [9.17, 15) is 0 Å². The van der Waals surface area contributed by atoms with Gasteiger partial charge in [0.1, 0.15) is 5.58 Å². The van der Waals surface area contributed by atoms with Crippen molar-refractivity contribution in [2.75, 3.05) is 0 Å². The molecule has 0 saturated heterocycles. The van der Waals surface area contributed by atoms with E-state index in [0.717, 1.165) is 27.5 Å². The zero-order valence-electron chi connectivity index (χ0n) is 22.5. The van der Waals surface area contributed by atoms with Crippen LogP contribution in [-0.2, 0) is 0 Å². The topological polar surface area (TPSA) is 34.8 Å². The summed E-state index contributed by atoms with van der Waals surface area (Å²) in [6, 6.07) is 45.8. The Morgan fingerprint density at radius 1 is 0.524 bits per heavy atom. The highest BCUT2D eigenvalue weighted by molar-refractivity contribution is 7.19. The summed E-state index contributed by atoms with van der Waals surface area (Å²) in [6.45, 7) is 15.0. The number of rotatable bonds is 5. The molecule has 5 heteroatoms. The second kappa shape index (κ2) is 10.3. The van der Waals surface area contributed by atoms with Gasteiger partial charge >= 0.3 is 0 Å². The fraction of sp³-hybridized carbons (Fsp3) is 0. The van der Waals surface area contributed by atoms with Crippen molar-refractivity contribution in [3.8, 4) is 11.1 Å². The van der Waals surface area contributed by atoms with Gasteiger partial charge in [-0.1, -0.05) is 109 Å². The zero-order valence-corrected chi connectivity index (χ0v) is 23.5. The third-order valence-electron chi connectivity index (χ3n) is 7.97. The van der Waals surface area contributed by atoms with Gasteiger partial charge in [0, 0.05) is 17.0 Å². The SMILES string of the molecule is [C-]#[N+]c1ccc([Si](c2ccccc2)(c2ccc([N+]#[C-])cc2)c2ccc(-c3ccc4c(c3)oc3ncccc34)cc2)cc1. The molecule has 7 rings (SSSR count). The van der Waals surface area contributed by atoms with Crippen LogP contribution < -0.4 is 20.7 Å². The van der Waals surface area contributed by atoms with Gasteiger partial charge in [0.25, 0.3) is 0 Å². The molecule has 0 atom stereocenters. The first-order valence-electron chi connectivity index (χ1n) is 13.6. The summed E-state index contributed by atoms with van der Waals surface area (Å²) in [5, 5.41) is 6.89. The minimum absolute atomic E-state index is 0.615. The van der Waals surface area contributed by atoms with Crippen LogP contribution in [0, 0.1) is 13.1 Å². The van der Waals surface area contributed by atoms with E-state index < -0.39 is 8.07 Å². The van der Waals surface area contributed by atoms with Crippen molar-refractivity contribution in [2.45, 2.75) is 0 Å². The Labute approximate surface area is 244 Å². The third-order valence-corrected chi connectivity index (χ3v) is 12.8. The van der Waals surface area contributed by atoms with Crippen LogP contribution in [0.4, 0.5) is 11.4 Å². The number of nitrogens with zero attached hydrogens (tertiary/aromatic N) is 3. The smallest absolute Gasteiger partial charge is 0.227 e.